The highest BCUT2D eigenvalue weighted by molar-refractivity contribution is 6.46. The number of aliphatic carboxylic acids is 1. The summed E-state index contributed by atoms with van der Waals surface area (Å²) in [7, 11) is 0. The molecule has 2 N–H and O–H groups in total. The second kappa shape index (κ2) is 9.35. The fourth-order valence-corrected chi connectivity index (χ4v) is 3.59. The van der Waals surface area contributed by atoms with E-state index < -0.39 is 29.5 Å². The molecule has 1 saturated heterocycles. The van der Waals surface area contributed by atoms with Crippen LogP contribution in [0.15, 0.2) is 60.2 Å². The molecule has 30 heavy (non-hydrogen) atoms. The molecule has 1 heterocycles. The van der Waals surface area contributed by atoms with E-state index in [0.29, 0.717) is 30.4 Å². The quantitative estimate of drug-likeness (QED) is 0.297. The molecule has 0 saturated carbocycles. The number of halogens is 1. The van der Waals surface area contributed by atoms with Crippen molar-refractivity contribution < 1.29 is 29.0 Å². The molecule has 3 rings (SSSR count). The Balaban J connectivity index is 1.95. The van der Waals surface area contributed by atoms with Gasteiger partial charge in [-0.25, -0.2) is 4.39 Å². The molecule has 1 fully saturated rings. The van der Waals surface area contributed by atoms with Gasteiger partial charge < -0.3 is 15.1 Å². The van der Waals surface area contributed by atoms with E-state index in [1.807, 2.05) is 0 Å². The minimum atomic E-state index is -0.885. The molecular weight excluding hydrogens is 389 g/mol. The first-order valence-corrected chi connectivity index (χ1v) is 9.71. The molecule has 1 aliphatic heterocycles. The number of amides is 1. The molecule has 0 spiro atoms. The molecule has 7 heteroatoms. The first-order chi connectivity index (χ1) is 14.4. The Bertz CT molecular complexity index is 969. The smallest absolute Gasteiger partial charge is 0.303 e. The highest BCUT2D eigenvalue weighted by atomic mass is 19.1. The van der Waals surface area contributed by atoms with Crippen molar-refractivity contribution >= 4 is 23.4 Å². The Morgan fingerprint density at radius 3 is 2.23 bits per heavy atom. The van der Waals surface area contributed by atoms with Crippen molar-refractivity contribution in [3.63, 3.8) is 0 Å². The number of carboxylic acid groups (broad SMARTS) is 1. The summed E-state index contributed by atoms with van der Waals surface area (Å²) >= 11 is 0. The van der Waals surface area contributed by atoms with E-state index >= 15 is 0 Å². The topological polar surface area (TPSA) is 94.9 Å². The number of rotatable bonds is 8. The summed E-state index contributed by atoms with van der Waals surface area (Å²) in [6.45, 7) is 0.220. The molecule has 6 nitrogen and oxygen atoms in total. The van der Waals surface area contributed by atoms with Crippen LogP contribution in [0.5, 0.6) is 0 Å². The second-order valence-electron chi connectivity index (χ2n) is 7.11. The van der Waals surface area contributed by atoms with E-state index in [1.165, 1.54) is 29.2 Å². The number of hydrogen-bond acceptors (Lipinski definition) is 4. The van der Waals surface area contributed by atoms with Crippen LogP contribution < -0.4 is 0 Å². The number of ketones is 1. The molecule has 1 aliphatic rings. The van der Waals surface area contributed by atoms with Crippen LogP contribution in [0.3, 0.4) is 0 Å². The van der Waals surface area contributed by atoms with Crippen molar-refractivity contribution in [2.75, 3.05) is 6.54 Å². The number of aliphatic hydroxyl groups is 1. The van der Waals surface area contributed by atoms with E-state index in [9.17, 15) is 23.9 Å². The van der Waals surface area contributed by atoms with Crippen molar-refractivity contribution in [1.82, 2.24) is 4.90 Å². The van der Waals surface area contributed by atoms with Gasteiger partial charge >= 0.3 is 5.97 Å². The average Bonchev–Trinajstić information content (AvgIpc) is 2.99. The van der Waals surface area contributed by atoms with Gasteiger partial charge in [0, 0.05) is 18.5 Å². The van der Waals surface area contributed by atoms with Crippen LogP contribution in [0.25, 0.3) is 5.76 Å². The van der Waals surface area contributed by atoms with Crippen molar-refractivity contribution in [2.24, 2.45) is 0 Å². The summed E-state index contributed by atoms with van der Waals surface area (Å²) in [6, 6.07) is 13.1. The zero-order valence-corrected chi connectivity index (χ0v) is 16.3. The van der Waals surface area contributed by atoms with Crippen molar-refractivity contribution in [1.29, 1.82) is 0 Å². The molecular formula is C23H22FNO5. The summed E-state index contributed by atoms with van der Waals surface area (Å²) in [5, 5.41) is 19.6. The zero-order valence-electron chi connectivity index (χ0n) is 16.3. The number of Topliss-reactive ketones (excluding diaryl/α,β-unsaturated/α-hetero) is 1. The highest BCUT2D eigenvalue weighted by Crippen LogP contribution is 2.39. The fraction of sp³-hybridized carbons (Fsp3) is 0.261. The number of unbranched alkanes of at least 4 members (excludes halogenated alkanes) is 2. The van der Waals surface area contributed by atoms with Crippen LogP contribution in [-0.2, 0) is 14.4 Å². The van der Waals surface area contributed by atoms with E-state index in [4.69, 9.17) is 5.11 Å². The lowest BCUT2D eigenvalue weighted by Gasteiger charge is -2.25. The monoisotopic (exact) mass is 411 g/mol. The lowest BCUT2D eigenvalue weighted by atomic mass is 9.95. The molecule has 2 aromatic carbocycles. The van der Waals surface area contributed by atoms with Gasteiger partial charge in [-0.1, -0.05) is 48.9 Å². The summed E-state index contributed by atoms with van der Waals surface area (Å²) in [6.07, 6.45) is 1.58. The maximum Gasteiger partial charge on any atom is 0.303 e. The van der Waals surface area contributed by atoms with Gasteiger partial charge in [0.05, 0.1) is 11.6 Å². The lowest BCUT2D eigenvalue weighted by molar-refractivity contribution is -0.140. The van der Waals surface area contributed by atoms with Crippen molar-refractivity contribution in [3.8, 4) is 0 Å². The van der Waals surface area contributed by atoms with Gasteiger partial charge in [0.1, 0.15) is 11.6 Å². The van der Waals surface area contributed by atoms with Crippen LogP contribution in [0.2, 0.25) is 0 Å². The number of hydrogen-bond donors (Lipinski definition) is 2. The number of carbonyl (C=O) groups is 3. The predicted octanol–water partition coefficient (Wildman–Crippen LogP) is 3.89. The minimum absolute atomic E-state index is 0.0359. The summed E-state index contributed by atoms with van der Waals surface area (Å²) in [4.78, 5) is 37.6. The van der Waals surface area contributed by atoms with Crippen LogP contribution in [0.1, 0.15) is 42.9 Å². The number of aliphatic hydroxyl groups excluding tert-OH is 1. The Morgan fingerprint density at radius 2 is 1.60 bits per heavy atom. The molecule has 0 bridgehead atoms. The third-order valence-corrected chi connectivity index (χ3v) is 5.06. The van der Waals surface area contributed by atoms with E-state index in [0.717, 1.165) is 0 Å². The largest absolute Gasteiger partial charge is 0.507 e. The van der Waals surface area contributed by atoms with Crippen LogP contribution >= 0.6 is 0 Å². The lowest BCUT2D eigenvalue weighted by Crippen LogP contribution is -2.30. The van der Waals surface area contributed by atoms with Crippen LogP contribution in [0.4, 0.5) is 4.39 Å². The molecule has 156 valence electrons. The minimum Gasteiger partial charge on any atom is -0.507 e. The van der Waals surface area contributed by atoms with E-state index in [2.05, 4.69) is 0 Å². The average molecular weight is 411 g/mol. The Labute approximate surface area is 173 Å². The summed E-state index contributed by atoms with van der Waals surface area (Å²) in [5.74, 6) is -3.15. The van der Waals surface area contributed by atoms with Gasteiger partial charge in [-0.3, -0.25) is 14.4 Å². The Kier molecular flexibility index (Phi) is 6.61. The third-order valence-electron chi connectivity index (χ3n) is 5.06. The normalized spacial score (nSPS) is 18.0. The number of likely N-dealkylation sites (tertiary alicyclic amines) is 1. The first-order valence-electron chi connectivity index (χ1n) is 9.71. The Hall–Kier alpha value is -3.48. The molecule has 0 radical (unpaired) electrons. The number of carbonyl (C=O) groups excluding carboxylic acids is 2. The van der Waals surface area contributed by atoms with Gasteiger partial charge in [0.25, 0.3) is 11.7 Å². The van der Waals surface area contributed by atoms with Crippen LogP contribution in [-0.4, -0.2) is 39.3 Å². The second-order valence-corrected chi connectivity index (χ2v) is 7.11. The van der Waals surface area contributed by atoms with Crippen LogP contribution in [0, 0.1) is 5.82 Å². The molecule has 1 atom stereocenters. The van der Waals surface area contributed by atoms with Crippen molar-refractivity contribution in [3.05, 3.63) is 77.1 Å². The Morgan fingerprint density at radius 1 is 0.933 bits per heavy atom. The van der Waals surface area contributed by atoms with Crippen molar-refractivity contribution in [2.45, 2.75) is 31.7 Å². The van der Waals surface area contributed by atoms with Gasteiger partial charge in [0.15, 0.2) is 0 Å². The van der Waals surface area contributed by atoms with Gasteiger partial charge in [0.2, 0.25) is 0 Å². The maximum atomic E-state index is 13.4. The molecule has 0 aromatic heterocycles. The summed E-state index contributed by atoms with van der Waals surface area (Å²) < 4.78 is 13.4. The van der Waals surface area contributed by atoms with E-state index in [-0.39, 0.29) is 24.3 Å². The third kappa shape index (κ3) is 4.56. The number of carboxylic acids is 1. The summed E-state index contributed by atoms with van der Waals surface area (Å²) in [5.41, 5.74) is 0.881. The predicted molar refractivity (Wildman–Crippen MR) is 108 cm³/mol. The SMILES string of the molecule is O=C(O)CCCCCN1C(=O)C(=O)C(=C(O)c2ccccc2)C1c1ccc(F)cc1. The standard InChI is InChI=1S/C23H22FNO5/c24-17-12-10-15(11-13-17)20-19(21(28)16-7-3-1-4-8-16)22(29)23(30)25(20)14-6-2-5-9-18(26)27/h1,3-4,7-8,10-13,20,28H,2,5-6,9,14H2,(H,26,27). The molecule has 1 amide bonds. The molecule has 2 aromatic rings. The number of benzene rings is 2. The van der Waals surface area contributed by atoms with Gasteiger partial charge in [-0.15, -0.1) is 0 Å². The maximum absolute atomic E-state index is 13.4. The molecule has 1 unspecified atom stereocenters. The van der Waals surface area contributed by atoms with E-state index in [1.54, 1.807) is 30.3 Å². The fourth-order valence-electron chi connectivity index (χ4n) is 3.59. The first kappa shape index (κ1) is 21.2. The molecule has 0 aliphatic carbocycles. The highest BCUT2D eigenvalue weighted by Gasteiger charge is 2.45. The van der Waals surface area contributed by atoms with Gasteiger partial charge in [-0.2, -0.15) is 0 Å². The number of nitrogens with zero attached hydrogens (tertiary/aromatic N) is 1. The van der Waals surface area contributed by atoms with Gasteiger partial charge in [-0.05, 0) is 30.5 Å². The zero-order chi connectivity index (χ0) is 21.7.